The van der Waals surface area contributed by atoms with Crippen molar-refractivity contribution in [3.05, 3.63) is 34.9 Å². The maximum absolute atomic E-state index is 10.8. The molecule has 2 atom stereocenters. The van der Waals surface area contributed by atoms with Crippen molar-refractivity contribution in [3.8, 4) is 5.88 Å². The summed E-state index contributed by atoms with van der Waals surface area (Å²) in [6.45, 7) is 6.29. The zero-order valence-corrected chi connectivity index (χ0v) is 14.8. The van der Waals surface area contributed by atoms with Gasteiger partial charge in [0, 0.05) is 13.0 Å². The molecule has 1 aliphatic rings. The van der Waals surface area contributed by atoms with Crippen LogP contribution in [0.1, 0.15) is 49.2 Å². The number of thiazole rings is 1. The van der Waals surface area contributed by atoms with E-state index >= 15 is 0 Å². The first-order valence-corrected chi connectivity index (χ1v) is 9.33. The SMILES string of the molecule is CCc1nc2sc([C@@H](c3ccco3)N3CCC[C@H](C)C3)c(O)n2n1. The Bertz CT molecular complexity index is 823. The second-order valence-electron chi connectivity index (χ2n) is 6.53. The number of fused-ring (bicyclic) bond motifs is 1. The molecule has 0 saturated carbocycles. The molecule has 128 valence electrons. The summed E-state index contributed by atoms with van der Waals surface area (Å²) >= 11 is 1.50. The van der Waals surface area contributed by atoms with Gasteiger partial charge in [-0.05, 0) is 37.4 Å². The lowest BCUT2D eigenvalue weighted by molar-refractivity contribution is 0.136. The predicted molar refractivity (Wildman–Crippen MR) is 92.4 cm³/mol. The Morgan fingerprint density at radius 3 is 3.04 bits per heavy atom. The fraction of sp³-hybridized carbons (Fsp3) is 0.529. The zero-order valence-electron chi connectivity index (χ0n) is 14.0. The lowest BCUT2D eigenvalue weighted by Crippen LogP contribution is -2.37. The number of aromatic hydroxyl groups is 1. The molecule has 0 aliphatic carbocycles. The molecule has 0 spiro atoms. The van der Waals surface area contributed by atoms with E-state index in [2.05, 4.69) is 21.9 Å². The average molecular weight is 346 g/mol. The first-order chi connectivity index (χ1) is 11.7. The third-order valence-corrected chi connectivity index (χ3v) is 5.75. The topological polar surface area (TPSA) is 66.8 Å². The van der Waals surface area contributed by atoms with E-state index in [1.807, 2.05) is 19.1 Å². The Morgan fingerprint density at radius 2 is 2.38 bits per heavy atom. The van der Waals surface area contributed by atoms with E-state index in [0.717, 1.165) is 40.9 Å². The first kappa shape index (κ1) is 15.7. The highest BCUT2D eigenvalue weighted by Crippen LogP contribution is 2.41. The van der Waals surface area contributed by atoms with Gasteiger partial charge in [0.2, 0.25) is 10.8 Å². The number of aromatic nitrogens is 3. The molecule has 1 aliphatic heterocycles. The summed E-state index contributed by atoms with van der Waals surface area (Å²) in [5.41, 5.74) is 0. The molecule has 7 heteroatoms. The van der Waals surface area contributed by atoms with Gasteiger partial charge in [0.1, 0.15) is 11.8 Å². The summed E-state index contributed by atoms with van der Waals surface area (Å²) in [6, 6.07) is 3.80. The van der Waals surface area contributed by atoms with Crippen LogP contribution in [0.15, 0.2) is 22.8 Å². The monoisotopic (exact) mass is 346 g/mol. The van der Waals surface area contributed by atoms with Crippen LogP contribution in [0.2, 0.25) is 0 Å². The van der Waals surface area contributed by atoms with Gasteiger partial charge in [0.15, 0.2) is 5.82 Å². The molecule has 0 unspecified atom stereocenters. The second-order valence-corrected chi connectivity index (χ2v) is 7.54. The fourth-order valence-electron chi connectivity index (χ4n) is 3.50. The summed E-state index contributed by atoms with van der Waals surface area (Å²) in [4.78, 5) is 8.49. The van der Waals surface area contributed by atoms with Gasteiger partial charge in [0.25, 0.3) is 0 Å². The van der Waals surface area contributed by atoms with Gasteiger partial charge in [-0.25, -0.2) is 4.98 Å². The van der Waals surface area contributed by atoms with Gasteiger partial charge in [-0.15, -0.1) is 5.10 Å². The Hall–Kier alpha value is -1.86. The predicted octanol–water partition coefficient (Wildman–Crippen LogP) is 3.47. The van der Waals surface area contributed by atoms with Gasteiger partial charge >= 0.3 is 0 Å². The van der Waals surface area contributed by atoms with Gasteiger partial charge in [-0.3, -0.25) is 4.90 Å². The molecule has 0 aromatic carbocycles. The minimum Gasteiger partial charge on any atom is -0.492 e. The van der Waals surface area contributed by atoms with Gasteiger partial charge in [0.05, 0.1) is 11.1 Å². The molecule has 1 saturated heterocycles. The lowest BCUT2D eigenvalue weighted by atomic mass is 9.97. The summed E-state index contributed by atoms with van der Waals surface area (Å²) in [6.07, 6.45) is 4.87. The van der Waals surface area contributed by atoms with Crippen molar-refractivity contribution in [2.75, 3.05) is 13.1 Å². The maximum atomic E-state index is 10.8. The van der Waals surface area contributed by atoms with Crippen molar-refractivity contribution in [2.24, 2.45) is 5.92 Å². The van der Waals surface area contributed by atoms with Gasteiger partial charge in [-0.2, -0.15) is 4.52 Å². The van der Waals surface area contributed by atoms with Crippen LogP contribution in [0.3, 0.4) is 0 Å². The van der Waals surface area contributed by atoms with Crippen molar-refractivity contribution in [1.29, 1.82) is 0 Å². The van der Waals surface area contributed by atoms with Crippen LogP contribution in [0, 0.1) is 5.92 Å². The van der Waals surface area contributed by atoms with Crippen LogP contribution in [0.4, 0.5) is 0 Å². The van der Waals surface area contributed by atoms with Gasteiger partial charge < -0.3 is 9.52 Å². The lowest BCUT2D eigenvalue weighted by Gasteiger charge is -2.35. The van der Waals surface area contributed by atoms with Gasteiger partial charge in [-0.1, -0.05) is 25.2 Å². The number of hydrogen-bond acceptors (Lipinski definition) is 6. The first-order valence-electron chi connectivity index (χ1n) is 8.52. The molecule has 3 aromatic heterocycles. The van der Waals surface area contributed by atoms with E-state index in [0.29, 0.717) is 5.92 Å². The molecule has 4 rings (SSSR count). The number of piperidine rings is 1. The Labute approximate surface area is 144 Å². The Balaban J connectivity index is 1.78. The molecule has 1 N–H and O–H groups in total. The van der Waals surface area contributed by atoms with Crippen LogP contribution < -0.4 is 0 Å². The highest BCUT2D eigenvalue weighted by atomic mass is 32.1. The van der Waals surface area contributed by atoms with E-state index in [4.69, 9.17) is 4.42 Å². The third kappa shape index (κ3) is 2.61. The summed E-state index contributed by atoms with van der Waals surface area (Å²) < 4.78 is 7.27. The minimum absolute atomic E-state index is 0.0821. The van der Waals surface area contributed by atoms with Crippen molar-refractivity contribution in [3.63, 3.8) is 0 Å². The molecule has 6 nitrogen and oxygen atoms in total. The molecule has 4 heterocycles. The maximum Gasteiger partial charge on any atom is 0.230 e. The number of aryl methyl sites for hydroxylation is 1. The van der Waals surface area contributed by atoms with Crippen LogP contribution in [0.5, 0.6) is 5.88 Å². The van der Waals surface area contributed by atoms with Crippen molar-refractivity contribution < 1.29 is 9.52 Å². The zero-order chi connectivity index (χ0) is 16.7. The molecule has 0 bridgehead atoms. The molecule has 0 amide bonds. The number of furan rings is 1. The average Bonchev–Trinajstić information content (AvgIpc) is 3.28. The highest BCUT2D eigenvalue weighted by Gasteiger charge is 2.33. The normalized spacial score (nSPS) is 20.7. The van der Waals surface area contributed by atoms with Crippen molar-refractivity contribution in [2.45, 2.75) is 39.2 Å². The number of nitrogens with zero attached hydrogens (tertiary/aromatic N) is 4. The molecular formula is C17H22N4O2S. The quantitative estimate of drug-likeness (QED) is 0.783. The van der Waals surface area contributed by atoms with Crippen LogP contribution in [-0.2, 0) is 6.42 Å². The van der Waals surface area contributed by atoms with E-state index in [1.165, 1.54) is 24.2 Å². The minimum atomic E-state index is -0.0821. The van der Waals surface area contributed by atoms with E-state index in [1.54, 1.807) is 10.8 Å². The Kier molecular flexibility index (Phi) is 4.05. The number of hydrogen-bond donors (Lipinski definition) is 1. The molecule has 1 fully saturated rings. The smallest absolute Gasteiger partial charge is 0.230 e. The van der Waals surface area contributed by atoms with E-state index in [9.17, 15) is 5.11 Å². The van der Waals surface area contributed by atoms with Crippen LogP contribution in [-0.4, -0.2) is 37.7 Å². The number of rotatable bonds is 4. The molecular weight excluding hydrogens is 324 g/mol. The number of likely N-dealkylation sites (tertiary alicyclic amines) is 1. The molecule has 0 radical (unpaired) electrons. The van der Waals surface area contributed by atoms with Crippen LogP contribution >= 0.6 is 11.3 Å². The van der Waals surface area contributed by atoms with Crippen LogP contribution in [0.25, 0.3) is 4.96 Å². The standard InChI is InChI=1S/C17H22N4O2S/c1-3-13-18-17-21(19-13)16(22)15(24-17)14(12-7-5-9-23-12)20-8-4-6-11(2)10-20/h5,7,9,11,14,22H,3-4,6,8,10H2,1-2H3/t11-,14+/m0/s1. The fourth-order valence-corrected chi connectivity index (χ4v) is 4.62. The third-order valence-electron chi connectivity index (χ3n) is 4.67. The Morgan fingerprint density at radius 1 is 1.50 bits per heavy atom. The molecule has 24 heavy (non-hydrogen) atoms. The highest BCUT2D eigenvalue weighted by molar-refractivity contribution is 7.17. The van der Waals surface area contributed by atoms with E-state index in [-0.39, 0.29) is 11.9 Å². The van der Waals surface area contributed by atoms with Crippen molar-refractivity contribution in [1.82, 2.24) is 19.5 Å². The van der Waals surface area contributed by atoms with E-state index < -0.39 is 0 Å². The van der Waals surface area contributed by atoms with Crippen molar-refractivity contribution >= 4 is 16.3 Å². The largest absolute Gasteiger partial charge is 0.492 e. The second kappa shape index (κ2) is 6.22. The summed E-state index contributed by atoms with van der Waals surface area (Å²) in [7, 11) is 0. The summed E-state index contributed by atoms with van der Waals surface area (Å²) in [5.74, 6) is 2.44. The summed E-state index contributed by atoms with van der Waals surface area (Å²) in [5, 5.41) is 15.2. The molecule has 3 aromatic rings.